The fraction of sp³-hybridized carbons (Fsp3) is 0.786. The molecule has 1 heterocycles. The van der Waals surface area contributed by atoms with Crippen molar-refractivity contribution in [2.75, 3.05) is 5.73 Å². The predicted octanol–water partition coefficient (Wildman–Crippen LogP) is 4.29. The van der Waals surface area contributed by atoms with E-state index >= 15 is 0 Å². The maximum atomic E-state index is 5.98. The minimum absolute atomic E-state index is 0.405. The number of rotatable bonds is 1. The van der Waals surface area contributed by atoms with E-state index in [0.717, 1.165) is 18.8 Å². The molecule has 2 rings (SSSR count). The van der Waals surface area contributed by atoms with Gasteiger partial charge in [-0.3, -0.25) is 0 Å². The van der Waals surface area contributed by atoms with E-state index in [1.54, 1.807) is 6.20 Å². The van der Waals surface area contributed by atoms with Crippen LogP contribution >= 0.6 is 11.6 Å². The van der Waals surface area contributed by atoms with Gasteiger partial charge in [-0.1, -0.05) is 38.8 Å². The second-order valence-electron chi connectivity index (χ2n) is 6.55. The van der Waals surface area contributed by atoms with Gasteiger partial charge in [0.05, 0.1) is 12.2 Å². The van der Waals surface area contributed by atoms with Crippen molar-refractivity contribution in [3.05, 3.63) is 11.2 Å². The van der Waals surface area contributed by atoms with Gasteiger partial charge in [-0.25, -0.2) is 4.68 Å². The van der Waals surface area contributed by atoms with E-state index in [0.29, 0.717) is 22.3 Å². The minimum atomic E-state index is 0.405. The number of nitrogens with zero attached hydrogens (tertiary/aromatic N) is 2. The van der Waals surface area contributed by atoms with Crippen molar-refractivity contribution in [1.29, 1.82) is 0 Å². The van der Waals surface area contributed by atoms with E-state index in [9.17, 15) is 0 Å². The molecule has 0 radical (unpaired) electrons. The molecule has 0 bridgehead atoms. The van der Waals surface area contributed by atoms with E-state index in [4.69, 9.17) is 17.3 Å². The van der Waals surface area contributed by atoms with Crippen molar-refractivity contribution in [3.8, 4) is 0 Å². The van der Waals surface area contributed by atoms with Crippen LogP contribution in [-0.2, 0) is 0 Å². The molecule has 2 unspecified atom stereocenters. The molecule has 1 aromatic rings. The van der Waals surface area contributed by atoms with E-state index in [1.807, 2.05) is 4.68 Å². The Labute approximate surface area is 115 Å². The summed E-state index contributed by atoms with van der Waals surface area (Å²) in [6.07, 6.45) is 7.80. The van der Waals surface area contributed by atoms with Gasteiger partial charge in [0.2, 0.25) is 0 Å². The first-order chi connectivity index (χ1) is 8.39. The predicted molar refractivity (Wildman–Crippen MR) is 76.7 cm³/mol. The average molecular weight is 270 g/mol. The molecule has 1 aliphatic carbocycles. The number of nitrogens with two attached hydrogens (primary N) is 1. The molecule has 1 saturated carbocycles. The molecule has 0 aromatic carbocycles. The Morgan fingerprint density at radius 1 is 1.28 bits per heavy atom. The van der Waals surface area contributed by atoms with Crippen molar-refractivity contribution in [2.45, 2.75) is 58.9 Å². The van der Waals surface area contributed by atoms with Gasteiger partial charge in [-0.2, -0.15) is 5.10 Å². The van der Waals surface area contributed by atoms with Crippen molar-refractivity contribution >= 4 is 17.4 Å². The van der Waals surface area contributed by atoms with Crippen LogP contribution in [-0.4, -0.2) is 9.78 Å². The van der Waals surface area contributed by atoms with Gasteiger partial charge in [-0.15, -0.1) is 0 Å². The summed E-state index contributed by atoms with van der Waals surface area (Å²) >= 11 is 5.98. The van der Waals surface area contributed by atoms with Gasteiger partial charge in [0.25, 0.3) is 0 Å². The zero-order valence-corrected chi connectivity index (χ0v) is 12.4. The summed E-state index contributed by atoms with van der Waals surface area (Å²) < 4.78 is 1.92. The van der Waals surface area contributed by atoms with Crippen LogP contribution in [0.15, 0.2) is 6.20 Å². The van der Waals surface area contributed by atoms with Crippen LogP contribution in [0.5, 0.6) is 0 Å². The van der Waals surface area contributed by atoms with Crippen LogP contribution in [0.1, 0.15) is 58.9 Å². The van der Waals surface area contributed by atoms with Crippen molar-refractivity contribution in [3.63, 3.8) is 0 Å². The zero-order valence-electron chi connectivity index (χ0n) is 11.6. The lowest BCUT2D eigenvalue weighted by molar-refractivity contribution is 0.212. The van der Waals surface area contributed by atoms with E-state index in [2.05, 4.69) is 25.9 Å². The summed E-state index contributed by atoms with van der Waals surface area (Å²) in [6, 6.07) is 0.421. The standard InChI is InChI=1S/C14H24ClN3/c1-14(2,3)10-5-4-6-11(8-7-10)18-13(16)12(15)9-17-18/h9-11H,4-8,16H2,1-3H3. The van der Waals surface area contributed by atoms with E-state index in [1.165, 1.54) is 19.3 Å². The molecule has 0 aliphatic heterocycles. The molecule has 1 aromatic heterocycles. The van der Waals surface area contributed by atoms with Gasteiger partial charge in [0.15, 0.2) is 0 Å². The maximum Gasteiger partial charge on any atom is 0.140 e. The SMILES string of the molecule is CC(C)(C)C1CCCC(n2ncc(Cl)c2N)CC1. The lowest BCUT2D eigenvalue weighted by atomic mass is 9.76. The van der Waals surface area contributed by atoms with Gasteiger partial charge >= 0.3 is 0 Å². The minimum Gasteiger partial charge on any atom is -0.383 e. The van der Waals surface area contributed by atoms with E-state index < -0.39 is 0 Å². The molecule has 4 heteroatoms. The summed E-state index contributed by atoms with van der Waals surface area (Å²) in [7, 11) is 0. The molecule has 1 aliphatic rings. The quantitative estimate of drug-likeness (QED) is 0.773. The fourth-order valence-electron chi connectivity index (χ4n) is 3.03. The Morgan fingerprint density at radius 3 is 2.56 bits per heavy atom. The number of nitrogen functional groups attached to an aromatic ring is 1. The second kappa shape index (κ2) is 5.12. The Hall–Kier alpha value is -0.700. The largest absolute Gasteiger partial charge is 0.383 e. The van der Waals surface area contributed by atoms with Crippen LogP contribution in [0.3, 0.4) is 0 Å². The lowest BCUT2D eigenvalue weighted by Gasteiger charge is -2.29. The first-order valence-corrected chi connectivity index (χ1v) is 7.26. The number of anilines is 1. The van der Waals surface area contributed by atoms with Gasteiger partial charge in [-0.05, 0) is 37.0 Å². The zero-order chi connectivity index (χ0) is 13.3. The highest BCUT2D eigenvalue weighted by Gasteiger charge is 2.29. The highest BCUT2D eigenvalue weighted by Crippen LogP contribution is 2.40. The molecule has 2 N–H and O–H groups in total. The summed E-state index contributed by atoms with van der Waals surface area (Å²) in [4.78, 5) is 0. The topological polar surface area (TPSA) is 43.8 Å². The monoisotopic (exact) mass is 269 g/mol. The van der Waals surface area contributed by atoms with Gasteiger partial charge in [0.1, 0.15) is 10.8 Å². The van der Waals surface area contributed by atoms with E-state index in [-0.39, 0.29) is 0 Å². The Kier molecular flexibility index (Phi) is 3.90. The number of hydrogen-bond donors (Lipinski definition) is 1. The number of halogens is 1. The second-order valence-corrected chi connectivity index (χ2v) is 6.95. The summed E-state index contributed by atoms with van der Waals surface area (Å²) in [5.74, 6) is 1.42. The molecule has 3 nitrogen and oxygen atoms in total. The average Bonchev–Trinajstić information content (AvgIpc) is 2.55. The van der Waals surface area contributed by atoms with Crippen LogP contribution < -0.4 is 5.73 Å². The smallest absolute Gasteiger partial charge is 0.140 e. The van der Waals surface area contributed by atoms with Crippen molar-refractivity contribution in [2.24, 2.45) is 11.3 Å². The summed E-state index contributed by atoms with van der Waals surface area (Å²) in [5.41, 5.74) is 6.38. The third-order valence-electron chi connectivity index (χ3n) is 4.30. The summed E-state index contributed by atoms with van der Waals surface area (Å²) in [5, 5.41) is 4.90. The first-order valence-electron chi connectivity index (χ1n) is 6.88. The Balaban J connectivity index is 2.08. The fourth-order valence-corrected chi connectivity index (χ4v) is 3.16. The summed E-state index contributed by atoms with van der Waals surface area (Å²) in [6.45, 7) is 7.03. The van der Waals surface area contributed by atoms with Crippen LogP contribution in [0, 0.1) is 11.3 Å². The third kappa shape index (κ3) is 2.82. The lowest BCUT2D eigenvalue weighted by Crippen LogP contribution is -2.20. The maximum absolute atomic E-state index is 5.98. The van der Waals surface area contributed by atoms with Crippen LogP contribution in [0.4, 0.5) is 5.82 Å². The molecule has 1 fully saturated rings. The number of aromatic nitrogens is 2. The van der Waals surface area contributed by atoms with Gasteiger partial charge in [0, 0.05) is 0 Å². The van der Waals surface area contributed by atoms with Gasteiger partial charge < -0.3 is 5.73 Å². The number of hydrogen-bond acceptors (Lipinski definition) is 2. The molecule has 0 amide bonds. The highest BCUT2D eigenvalue weighted by atomic mass is 35.5. The van der Waals surface area contributed by atoms with Crippen LogP contribution in [0.25, 0.3) is 0 Å². The molecule has 102 valence electrons. The molecular weight excluding hydrogens is 246 g/mol. The van der Waals surface area contributed by atoms with Crippen molar-refractivity contribution < 1.29 is 0 Å². The Morgan fingerprint density at radius 2 is 2.00 bits per heavy atom. The highest BCUT2D eigenvalue weighted by molar-refractivity contribution is 6.32. The van der Waals surface area contributed by atoms with Crippen LogP contribution in [0.2, 0.25) is 5.02 Å². The molecule has 18 heavy (non-hydrogen) atoms. The molecule has 0 spiro atoms. The Bertz CT molecular complexity index is 406. The molecular formula is C14H24ClN3. The first kappa shape index (κ1) is 13.7. The normalized spacial score (nSPS) is 26.0. The molecule has 2 atom stereocenters. The van der Waals surface area contributed by atoms with Crippen molar-refractivity contribution in [1.82, 2.24) is 9.78 Å². The third-order valence-corrected chi connectivity index (χ3v) is 4.59. The molecule has 0 saturated heterocycles.